The van der Waals surface area contributed by atoms with E-state index in [-0.39, 0.29) is 5.91 Å². The first-order chi connectivity index (χ1) is 19.9. The Morgan fingerprint density at radius 2 is 1.80 bits per heavy atom. The smallest absolute Gasteiger partial charge is 0.326 e. The monoisotopic (exact) mass is 574 g/mol. The number of thioether (sulfide) groups is 1. The van der Waals surface area contributed by atoms with Crippen molar-refractivity contribution in [3.8, 4) is 11.1 Å². The average Bonchev–Trinajstić information content (AvgIpc) is 3.35. The molecule has 1 aliphatic heterocycles. The lowest BCUT2D eigenvalue weighted by atomic mass is 9.93. The highest BCUT2D eigenvalue weighted by atomic mass is 32.2. The van der Waals surface area contributed by atoms with Gasteiger partial charge in [-0.15, -0.1) is 0 Å². The number of amides is 1. The van der Waals surface area contributed by atoms with Crippen molar-refractivity contribution in [2.75, 3.05) is 32.3 Å². The van der Waals surface area contributed by atoms with Crippen LogP contribution in [0.25, 0.3) is 11.1 Å². The molecule has 3 aromatic carbocycles. The average molecular weight is 575 g/mol. The van der Waals surface area contributed by atoms with Crippen molar-refractivity contribution < 1.29 is 19.4 Å². The molecule has 0 radical (unpaired) electrons. The molecule has 4 rings (SSSR count). The maximum absolute atomic E-state index is 13.4. The van der Waals surface area contributed by atoms with E-state index in [0.717, 1.165) is 54.6 Å². The number of rotatable bonds is 14. The van der Waals surface area contributed by atoms with E-state index < -0.39 is 12.0 Å². The Morgan fingerprint density at radius 1 is 1.05 bits per heavy atom. The molecule has 1 fully saturated rings. The van der Waals surface area contributed by atoms with Gasteiger partial charge in [-0.05, 0) is 90.5 Å². The molecular weight excluding hydrogens is 532 g/mol. The summed E-state index contributed by atoms with van der Waals surface area (Å²) in [6.07, 6.45) is 5.64. The highest BCUT2D eigenvalue weighted by molar-refractivity contribution is 7.98. The second kappa shape index (κ2) is 15.2. The van der Waals surface area contributed by atoms with Gasteiger partial charge in [0.2, 0.25) is 0 Å². The molecular formula is C34H42N2O4S. The number of carbonyl (C=O) groups is 2. The number of carboxylic acids is 1. The molecule has 0 aromatic heterocycles. The number of nitrogens with one attached hydrogen (secondary N) is 1. The minimum absolute atomic E-state index is 0.346. The van der Waals surface area contributed by atoms with Gasteiger partial charge < -0.3 is 15.2 Å². The van der Waals surface area contributed by atoms with Crippen molar-refractivity contribution in [1.29, 1.82) is 0 Å². The first kappa shape index (κ1) is 30.8. The van der Waals surface area contributed by atoms with Crippen LogP contribution in [-0.2, 0) is 22.5 Å². The molecule has 0 unspecified atom stereocenters. The van der Waals surface area contributed by atoms with Gasteiger partial charge in [0, 0.05) is 31.8 Å². The molecule has 0 saturated carbocycles. The van der Waals surface area contributed by atoms with Crippen molar-refractivity contribution in [2.24, 2.45) is 5.92 Å². The molecule has 3 atom stereocenters. The van der Waals surface area contributed by atoms with E-state index in [9.17, 15) is 14.7 Å². The van der Waals surface area contributed by atoms with Crippen LogP contribution in [0, 0.1) is 12.8 Å². The quantitative estimate of drug-likeness (QED) is 0.243. The van der Waals surface area contributed by atoms with Crippen molar-refractivity contribution in [3.05, 3.63) is 95.1 Å². The first-order valence-corrected chi connectivity index (χ1v) is 15.8. The molecule has 2 N–H and O–H groups in total. The Bertz CT molecular complexity index is 1300. The second-order valence-electron chi connectivity index (χ2n) is 11.0. The summed E-state index contributed by atoms with van der Waals surface area (Å²) in [6.45, 7) is 4.51. The van der Waals surface area contributed by atoms with Gasteiger partial charge in [-0.2, -0.15) is 11.8 Å². The normalized spacial score (nSPS) is 17.8. The van der Waals surface area contributed by atoms with E-state index in [1.165, 1.54) is 5.56 Å². The molecule has 41 heavy (non-hydrogen) atoms. The minimum Gasteiger partial charge on any atom is -0.480 e. The Morgan fingerprint density at radius 3 is 2.51 bits per heavy atom. The van der Waals surface area contributed by atoms with E-state index >= 15 is 0 Å². The molecule has 0 aliphatic carbocycles. The van der Waals surface area contributed by atoms with Gasteiger partial charge in [0.1, 0.15) is 6.04 Å². The highest BCUT2D eigenvalue weighted by Gasteiger charge is 2.32. The number of aliphatic carboxylic acids is 1. The maximum Gasteiger partial charge on any atom is 0.326 e. The van der Waals surface area contributed by atoms with Crippen LogP contribution in [0.4, 0.5) is 0 Å². The van der Waals surface area contributed by atoms with Gasteiger partial charge >= 0.3 is 5.97 Å². The first-order valence-electron chi connectivity index (χ1n) is 14.4. The zero-order chi connectivity index (χ0) is 29.2. The molecule has 0 bridgehead atoms. The fourth-order valence-corrected chi connectivity index (χ4v) is 6.29. The van der Waals surface area contributed by atoms with Crippen LogP contribution in [0.5, 0.6) is 0 Å². The third kappa shape index (κ3) is 8.44. The summed E-state index contributed by atoms with van der Waals surface area (Å²) in [7, 11) is 1.77. The number of hydrogen-bond acceptors (Lipinski definition) is 5. The third-order valence-electron chi connectivity index (χ3n) is 8.02. The highest BCUT2D eigenvalue weighted by Crippen LogP contribution is 2.32. The van der Waals surface area contributed by atoms with Crippen molar-refractivity contribution in [1.82, 2.24) is 10.2 Å². The Labute approximate surface area is 248 Å². The van der Waals surface area contributed by atoms with Gasteiger partial charge in [-0.1, -0.05) is 60.7 Å². The molecule has 1 aliphatic rings. The summed E-state index contributed by atoms with van der Waals surface area (Å²) in [5.74, 6) is -0.110. The van der Waals surface area contributed by atoms with E-state index in [4.69, 9.17) is 4.74 Å². The molecule has 7 heteroatoms. The predicted octanol–water partition coefficient (Wildman–Crippen LogP) is 6.07. The molecule has 218 valence electrons. The van der Waals surface area contributed by atoms with Crippen molar-refractivity contribution in [2.45, 2.75) is 51.2 Å². The van der Waals surface area contributed by atoms with Crippen molar-refractivity contribution in [3.63, 3.8) is 0 Å². The predicted molar refractivity (Wildman–Crippen MR) is 167 cm³/mol. The topological polar surface area (TPSA) is 78.9 Å². The minimum atomic E-state index is -1.01. The summed E-state index contributed by atoms with van der Waals surface area (Å²) in [4.78, 5) is 27.8. The molecule has 3 aromatic rings. The summed E-state index contributed by atoms with van der Waals surface area (Å²) in [6, 6.07) is 24.1. The van der Waals surface area contributed by atoms with Crippen LogP contribution >= 0.6 is 11.8 Å². The number of methoxy groups -OCH3 is 1. The van der Waals surface area contributed by atoms with Gasteiger partial charge in [0.15, 0.2) is 0 Å². The van der Waals surface area contributed by atoms with Crippen LogP contribution in [0.1, 0.15) is 46.3 Å². The molecule has 1 heterocycles. The summed E-state index contributed by atoms with van der Waals surface area (Å²) in [5.41, 5.74) is 5.87. The second-order valence-corrected chi connectivity index (χ2v) is 12.0. The maximum atomic E-state index is 13.4. The Hall–Kier alpha value is -3.13. The summed E-state index contributed by atoms with van der Waals surface area (Å²) >= 11 is 1.57. The molecule has 6 nitrogen and oxygen atoms in total. The molecule has 1 saturated heterocycles. The lowest BCUT2D eigenvalue weighted by molar-refractivity contribution is -0.139. The zero-order valence-corrected chi connectivity index (χ0v) is 25.2. The lowest BCUT2D eigenvalue weighted by Gasteiger charge is -2.24. The molecule has 0 spiro atoms. The van der Waals surface area contributed by atoms with E-state index in [0.29, 0.717) is 36.3 Å². The van der Waals surface area contributed by atoms with Gasteiger partial charge in [0.25, 0.3) is 5.91 Å². The number of ether oxygens (including phenoxy) is 1. The summed E-state index contributed by atoms with van der Waals surface area (Å²) in [5, 5.41) is 12.5. The number of hydrogen-bond donors (Lipinski definition) is 2. The van der Waals surface area contributed by atoms with Gasteiger partial charge in [-0.3, -0.25) is 9.69 Å². The Balaban J connectivity index is 1.56. The largest absolute Gasteiger partial charge is 0.480 e. The number of likely N-dealkylation sites (tertiary alicyclic amines) is 1. The standard InChI is InChI=1S/C34H42N2O4S/c1-24-9-7-8-12-29(24)31-20-27(15-16-30(31)33(37)35-32(34(38)39)17-18-41-3)22-36-21-26(19-28(36)23-40-2)14-13-25-10-5-4-6-11-25/h4-12,15-16,20,26,28,32H,13-14,17-19,21-23H2,1-3H3,(H,35,37)(H,38,39)/t26-,28-,32-/m0/s1. The van der Waals surface area contributed by atoms with Crippen LogP contribution in [0.3, 0.4) is 0 Å². The fraction of sp³-hybridized carbons (Fsp3) is 0.412. The summed E-state index contributed by atoms with van der Waals surface area (Å²) < 4.78 is 5.60. The van der Waals surface area contributed by atoms with Gasteiger partial charge in [-0.25, -0.2) is 4.79 Å². The number of nitrogens with zero attached hydrogens (tertiary/aromatic N) is 1. The number of carboxylic acid groups (broad SMARTS) is 1. The third-order valence-corrected chi connectivity index (χ3v) is 8.67. The number of aryl methyl sites for hydroxylation is 2. The SMILES string of the molecule is COC[C@@H]1C[C@H](CCc2ccccc2)CN1Cc1ccc(C(=O)N[C@@H](CCSC)C(=O)O)c(-c2ccccc2C)c1. The van der Waals surface area contributed by atoms with Crippen LogP contribution in [0.15, 0.2) is 72.8 Å². The van der Waals surface area contributed by atoms with Crippen LogP contribution in [0.2, 0.25) is 0 Å². The van der Waals surface area contributed by atoms with Crippen LogP contribution < -0.4 is 5.32 Å². The van der Waals surface area contributed by atoms with E-state index in [1.54, 1.807) is 18.9 Å². The van der Waals surface area contributed by atoms with Crippen LogP contribution in [-0.4, -0.2) is 66.2 Å². The number of benzene rings is 3. The van der Waals surface area contributed by atoms with E-state index in [1.807, 2.05) is 49.6 Å². The van der Waals surface area contributed by atoms with Gasteiger partial charge in [0.05, 0.1) is 6.61 Å². The van der Waals surface area contributed by atoms with E-state index in [2.05, 4.69) is 46.6 Å². The molecule has 1 amide bonds. The number of carbonyl (C=O) groups excluding carboxylic acids is 1. The van der Waals surface area contributed by atoms with Crippen molar-refractivity contribution >= 4 is 23.6 Å². The zero-order valence-electron chi connectivity index (χ0n) is 24.3. The lowest BCUT2D eigenvalue weighted by Crippen LogP contribution is -2.41. The fourth-order valence-electron chi connectivity index (χ4n) is 5.82. The Kier molecular flexibility index (Phi) is 11.4.